The Morgan fingerprint density at radius 2 is 1.43 bits per heavy atom. The van der Waals surface area contributed by atoms with Gasteiger partial charge in [0.05, 0.1) is 11.1 Å². The van der Waals surface area contributed by atoms with Crippen molar-refractivity contribution in [2.24, 2.45) is 34.5 Å². The van der Waals surface area contributed by atoms with Gasteiger partial charge in [-0.3, -0.25) is 9.97 Å². The van der Waals surface area contributed by atoms with Crippen LogP contribution in [0.25, 0.3) is 0 Å². The normalized spacial score (nSPS) is 38.5. The first-order valence-corrected chi connectivity index (χ1v) is 14.1. The largest absolute Gasteiger partial charge is 0.459 e. The molecule has 0 bridgehead atoms. The van der Waals surface area contributed by atoms with E-state index >= 15 is 0 Å². The van der Waals surface area contributed by atoms with E-state index in [9.17, 15) is 9.59 Å². The van der Waals surface area contributed by atoms with E-state index in [0.29, 0.717) is 40.2 Å². The smallest absolute Gasteiger partial charge is 0.339 e. The zero-order valence-corrected chi connectivity index (χ0v) is 22.0. The number of nitrogens with zero attached hydrogens (tertiary/aromatic N) is 2. The number of carbonyl (C=O) groups excluding carboxylic acids is 2. The lowest BCUT2D eigenvalue weighted by Crippen LogP contribution is -2.55. The topological polar surface area (TPSA) is 78.4 Å². The Hall–Kier alpha value is -2.76. The summed E-state index contributed by atoms with van der Waals surface area (Å²) in [5.74, 6) is 2.11. The molecule has 0 amide bonds. The van der Waals surface area contributed by atoms with Crippen LogP contribution in [0.5, 0.6) is 0 Å². The lowest BCUT2D eigenvalue weighted by atomic mass is 9.45. The van der Waals surface area contributed by atoms with Crippen LogP contribution in [0, 0.1) is 34.5 Å². The number of fused-ring (bicyclic) bond motifs is 5. The minimum atomic E-state index is -0.248. The molecule has 4 aliphatic carbocycles. The number of aromatic nitrogens is 2. The second-order valence-corrected chi connectivity index (χ2v) is 12.5. The maximum Gasteiger partial charge on any atom is 0.339 e. The van der Waals surface area contributed by atoms with Gasteiger partial charge in [-0.05, 0) is 111 Å². The summed E-state index contributed by atoms with van der Waals surface area (Å²) in [6.45, 7) is 4.90. The van der Waals surface area contributed by atoms with Gasteiger partial charge in [0, 0.05) is 30.2 Å². The van der Waals surface area contributed by atoms with E-state index in [-0.39, 0.29) is 29.6 Å². The molecule has 2 heterocycles. The van der Waals surface area contributed by atoms with E-state index < -0.39 is 0 Å². The quantitative estimate of drug-likeness (QED) is 0.459. The van der Waals surface area contributed by atoms with Gasteiger partial charge in [-0.1, -0.05) is 13.8 Å². The van der Waals surface area contributed by atoms with E-state index in [2.05, 4.69) is 23.8 Å². The van der Waals surface area contributed by atoms with Gasteiger partial charge < -0.3 is 9.47 Å². The molecular weight excluding hydrogens is 464 g/mol. The number of pyridine rings is 2. The standard InChI is InChI=1S/C31H38N2O4/c1-30-13-11-23(36-28(34)20-5-3-15-32-18-20)17-22(30)7-8-24-25-9-10-27(31(25,2)14-12-26(24)30)37-29(35)21-6-4-16-33-19-21/h3-6,15-16,18-19,22-27H,7-14,17H2,1-2H3/t22?,23-,24-,25-,26-,27-,30-,31-/m0/s1. The third-order valence-electron chi connectivity index (χ3n) is 10.8. The fourth-order valence-corrected chi connectivity index (χ4v) is 8.85. The van der Waals surface area contributed by atoms with Crippen molar-refractivity contribution in [3.05, 3.63) is 60.2 Å². The van der Waals surface area contributed by atoms with Crippen LogP contribution >= 0.6 is 0 Å². The first kappa shape index (κ1) is 24.6. The van der Waals surface area contributed by atoms with Gasteiger partial charge in [-0.15, -0.1) is 0 Å². The zero-order valence-electron chi connectivity index (χ0n) is 22.0. The van der Waals surface area contributed by atoms with Gasteiger partial charge >= 0.3 is 11.9 Å². The number of ether oxygens (including phenoxy) is 2. The van der Waals surface area contributed by atoms with Crippen molar-refractivity contribution >= 4 is 11.9 Å². The number of esters is 2. The first-order chi connectivity index (χ1) is 17.9. The lowest BCUT2D eigenvalue weighted by Gasteiger charge is -2.60. The van der Waals surface area contributed by atoms with Crippen LogP contribution in [0.1, 0.15) is 92.4 Å². The molecule has 196 valence electrons. The molecule has 2 aromatic heterocycles. The van der Waals surface area contributed by atoms with Gasteiger partial charge in [-0.2, -0.15) is 0 Å². The molecule has 0 N–H and O–H groups in total. The molecule has 0 spiro atoms. The van der Waals surface area contributed by atoms with Crippen molar-refractivity contribution in [2.45, 2.75) is 83.8 Å². The van der Waals surface area contributed by atoms with Gasteiger partial charge in [0.25, 0.3) is 0 Å². The summed E-state index contributed by atoms with van der Waals surface area (Å²) in [5.41, 5.74) is 1.42. The molecule has 0 saturated heterocycles. The maximum absolute atomic E-state index is 12.8. The van der Waals surface area contributed by atoms with Crippen molar-refractivity contribution in [1.29, 1.82) is 0 Å². The first-order valence-electron chi connectivity index (χ1n) is 14.1. The van der Waals surface area contributed by atoms with E-state index in [1.165, 1.54) is 19.3 Å². The SMILES string of the molecule is C[C@]12CC[C@H]3[C@@H](CCC4C[C@@H](OC(=O)c5cccnc5)CC[C@@]43C)[C@@H]1CC[C@@H]2OC(=O)c1cccnc1. The van der Waals surface area contributed by atoms with E-state index in [4.69, 9.17) is 9.47 Å². The second-order valence-electron chi connectivity index (χ2n) is 12.5. The molecular formula is C31H38N2O4. The third kappa shape index (κ3) is 4.26. The van der Waals surface area contributed by atoms with Gasteiger partial charge in [0.15, 0.2) is 0 Å². The van der Waals surface area contributed by atoms with Crippen LogP contribution in [0.3, 0.4) is 0 Å². The van der Waals surface area contributed by atoms with Crippen LogP contribution in [0.2, 0.25) is 0 Å². The van der Waals surface area contributed by atoms with E-state index in [1.54, 1.807) is 49.1 Å². The number of hydrogen-bond acceptors (Lipinski definition) is 6. The van der Waals surface area contributed by atoms with Crippen LogP contribution in [-0.2, 0) is 9.47 Å². The molecule has 8 atom stereocenters. The highest BCUT2D eigenvalue weighted by Gasteiger charge is 2.61. The van der Waals surface area contributed by atoms with Crippen molar-refractivity contribution in [3.63, 3.8) is 0 Å². The molecule has 6 heteroatoms. The molecule has 1 unspecified atom stereocenters. The minimum Gasteiger partial charge on any atom is -0.459 e. The molecule has 0 radical (unpaired) electrons. The Labute approximate surface area is 219 Å². The molecule has 0 aliphatic heterocycles. The van der Waals surface area contributed by atoms with E-state index in [1.807, 2.05) is 0 Å². The maximum atomic E-state index is 12.8. The van der Waals surface area contributed by atoms with Crippen LogP contribution in [0.15, 0.2) is 49.1 Å². The predicted molar refractivity (Wildman–Crippen MR) is 139 cm³/mol. The van der Waals surface area contributed by atoms with Crippen LogP contribution in [-0.4, -0.2) is 34.1 Å². The molecule has 4 saturated carbocycles. The second kappa shape index (κ2) is 9.52. The Morgan fingerprint density at radius 3 is 2.11 bits per heavy atom. The third-order valence-corrected chi connectivity index (χ3v) is 10.8. The summed E-state index contributed by atoms with van der Waals surface area (Å²) in [6.07, 6.45) is 16.4. The summed E-state index contributed by atoms with van der Waals surface area (Å²) in [4.78, 5) is 33.6. The number of hydrogen-bond donors (Lipinski definition) is 0. The van der Waals surface area contributed by atoms with Crippen molar-refractivity contribution in [3.8, 4) is 0 Å². The highest BCUT2D eigenvalue weighted by molar-refractivity contribution is 5.89. The summed E-state index contributed by atoms with van der Waals surface area (Å²) in [7, 11) is 0. The molecule has 37 heavy (non-hydrogen) atoms. The summed E-state index contributed by atoms with van der Waals surface area (Å²) < 4.78 is 12.1. The molecule has 4 aliphatic rings. The van der Waals surface area contributed by atoms with Crippen molar-refractivity contribution in [2.75, 3.05) is 0 Å². The molecule has 6 nitrogen and oxygen atoms in total. The molecule has 4 fully saturated rings. The molecule has 6 rings (SSSR count). The van der Waals surface area contributed by atoms with Crippen molar-refractivity contribution in [1.82, 2.24) is 9.97 Å². The van der Waals surface area contributed by atoms with Crippen LogP contribution in [0.4, 0.5) is 0 Å². The highest BCUT2D eigenvalue weighted by atomic mass is 16.5. The Balaban J connectivity index is 1.12. The fourth-order valence-electron chi connectivity index (χ4n) is 8.85. The van der Waals surface area contributed by atoms with Gasteiger partial charge in [0.1, 0.15) is 12.2 Å². The Morgan fingerprint density at radius 1 is 0.784 bits per heavy atom. The summed E-state index contributed by atoms with van der Waals surface area (Å²) in [6, 6.07) is 7.12. The number of carbonyl (C=O) groups is 2. The highest BCUT2D eigenvalue weighted by Crippen LogP contribution is 2.66. The average molecular weight is 503 g/mol. The Bertz CT molecular complexity index is 1140. The minimum absolute atomic E-state index is 0.000984. The summed E-state index contributed by atoms with van der Waals surface area (Å²) in [5, 5.41) is 0. The number of rotatable bonds is 4. The van der Waals surface area contributed by atoms with E-state index in [0.717, 1.165) is 38.5 Å². The fraction of sp³-hybridized carbons (Fsp3) is 0.613. The summed E-state index contributed by atoms with van der Waals surface area (Å²) >= 11 is 0. The van der Waals surface area contributed by atoms with Crippen molar-refractivity contribution < 1.29 is 19.1 Å². The molecule has 0 aromatic carbocycles. The van der Waals surface area contributed by atoms with Gasteiger partial charge in [0.2, 0.25) is 0 Å². The lowest BCUT2D eigenvalue weighted by molar-refractivity contribution is -0.135. The molecule has 2 aromatic rings. The monoisotopic (exact) mass is 502 g/mol. The van der Waals surface area contributed by atoms with Gasteiger partial charge in [-0.25, -0.2) is 9.59 Å². The average Bonchev–Trinajstić information content (AvgIpc) is 3.25. The predicted octanol–water partition coefficient (Wildman–Crippen LogP) is 6.27. The van der Waals surface area contributed by atoms with Crippen LogP contribution < -0.4 is 0 Å². The Kier molecular flexibility index (Phi) is 6.32. The zero-order chi connectivity index (χ0) is 25.6.